The summed E-state index contributed by atoms with van der Waals surface area (Å²) in [5.41, 5.74) is -0.733. The van der Waals surface area contributed by atoms with E-state index in [0.29, 0.717) is 39.8 Å². The molecule has 0 saturated carbocycles. The maximum atomic E-state index is 14.6. The molecule has 1 aliphatic heterocycles. The van der Waals surface area contributed by atoms with Crippen LogP contribution in [-0.2, 0) is 19.9 Å². The quantitative estimate of drug-likeness (QED) is 0.131. The average Bonchev–Trinajstić information content (AvgIpc) is 3.47. The van der Waals surface area contributed by atoms with Gasteiger partial charge in [-0.25, -0.2) is 4.79 Å². The lowest BCUT2D eigenvalue weighted by Gasteiger charge is -2.40. The Kier molecular flexibility index (Phi) is 11.5. The first-order chi connectivity index (χ1) is 25.9. The van der Waals surface area contributed by atoms with Crippen LogP contribution >= 0.6 is 0 Å². The molecule has 12 heteroatoms. The van der Waals surface area contributed by atoms with Crippen molar-refractivity contribution in [2.75, 3.05) is 26.1 Å². The number of nitrogens with zero attached hydrogens (tertiary/aromatic N) is 2. The van der Waals surface area contributed by atoms with E-state index in [9.17, 15) is 19.8 Å². The summed E-state index contributed by atoms with van der Waals surface area (Å²) in [6.07, 6.45) is -6.35. The number of ether oxygens (including phenoxy) is 5. The van der Waals surface area contributed by atoms with E-state index in [-0.39, 0.29) is 5.54 Å². The lowest BCUT2D eigenvalue weighted by Crippen LogP contribution is -2.50. The van der Waals surface area contributed by atoms with Crippen molar-refractivity contribution in [3.05, 3.63) is 149 Å². The fourth-order valence-corrected chi connectivity index (χ4v) is 6.51. The van der Waals surface area contributed by atoms with Crippen molar-refractivity contribution < 1.29 is 38.7 Å². The SMILES string of the molecule is COc1ccc(C(OC(C(=O)COc2ccccc2)[C@H]2O[C@@H](n3ccc(NC(C)(C)C)nc3=O)[C@H](O)[C@@H]2O)(c2ccccc2)c2ccc(OC)cc2)cc1. The number of nitrogens with one attached hydrogen (secondary N) is 1. The average molecular weight is 736 g/mol. The molecule has 1 unspecified atom stereocenters. The molecule has 54 heavy (non-hydrogen) atoms. The molecular formula is C42H45N3O9. The van der Waals surface area contributed by atoms with Gasteiger partial charge in [-0.1, -0.05) is 72.8 Å². The molecule has 1 saturated heterocycles. The van der Waals surface area contributed by atoms with Gasteiger partial charge in [0.05, 0.1) is 14.2 Å². The number of carbonyl (C=O) groups is 1. The molecule has 3 N–H and O–H groups in total. The number of hydrogen-bond acceptors (Lipinski definition) is 11. The third-order valence-electron chi connectivity index (χ3n) is 9.10. The minimum atomic E-state index is -1.68. The van der Waals surface area contributed by atoms with Gasteiger partial charge in [-0.15, -0.1) is 0 Å². The second-order valence-corrected chi connectivity index (χ2v) is 14.0. The monoisotopic (exact) mass is 735 g/mol. The highest BCUT2D eigenvalue weighted by Gasteiger charge is 2.53. The van der Waals surface area contributed by atoms with Crippen LogP contribution < -0.4 is 25.2 Å². The van der Waals surface area contributed by atoms with Gasteiger partial charge in [0.1, 0.15) is 53.6 Å². The summed E-state index contributed by atoms with van der Waals surface area (Å²) < 4.78 is 31.4. The largest absolute Gasteiger partial charge is 0.497 e. The maximum Gasteiger partial charge on any atom is 0.351 e. The Morgan fingerprint density at radius 3 is 1.83 bits per heavy atom. The number of rotatable bonds is 14. The second kappa shape index (κ2) is 16.2. The lowest BCUT2D eigenvalue weighted by atomic mass is 9.79. The summed E-state index contributed by atoms with van der Waals surface area (Å²) in [5.74, 6) is 1.38. The summed E-state index contributed by atoms with van der Waals surface area (Å²) in [4.78, 5) is 32.0. The number of anilines is 1. The Morgan fingerprint density at radius 2 is 1.31 bits per heavy atom. The van der Waals surface area contributed by atoms with Crippen LogP contribution in [0.15, 0.2) is 126 Å². The van der Waals surface area contributed by atoms with E-state index in [1.54, 1.807) is 68.8 Å². The van der Waals surface area contributed by atoms with Crippen molar-refractivity contribution in [3.8, 4) is 17.2 Å². The topological polar surface area (TPSA) is 151 Å². The second-order valence-electron chi connectivity index (χ2n) is 14.0. The van der Waals surface area contributed by atoms with Crippen LogP contribution in [0.25, 0.3) is 0 Å². The third kappa shape index (κ3) is 8.17. The van der Waals surface area contributed by atoms with E-state index in [2.05, 4.69) is 10.3 Å². The van der Waals surface area contributed by atoms with Crippen LogP contribution in [-0.4, -0.2) is 76.3 Å². The van der Waals surface area contributed by atoms with Crippen molar-refractivity contribution in [1.82, 2.24) is 9.55 Å². The minimum Gasteiger partial charge on any atom is -0.497 e. The Bertz CT molecular complexity index is 2000. The van der Waals surface area contributed by atoms with E-state index < -0.39 is 54.3 Å². The van der Waals surface area contributed by atoms with Gasteiger partial charge in [-0.05, 0) is 79.9 Å². The first kappa shape index (κ1) is 38.2. The molecule has 1 aliphatic rings. The molecular weight excluding hydrogens is 690 g/mol. The molecule has 6 rings (SSSR count). The molecule has 0 radical (unpaired) electrons. The molecule has 5 aromatic rings. The number of para-hydroxylation sites is 1. The number of hydrogen-bond donors (Lipinski definition) is 3. The summed E-state index contributed by atoms with van der Waals surface area (Å²) in [6.45, 7) is 5.32. The van der Waals surface area contributed by atoms with Crippen LogP contribution in [0.1, 0.15) is 43.7 Å². The van der Waals surface area contributed by atoms with Crippen LogP contribution in [0, 0.1) is 0 Å². The predicted octanol–water partition coefficient (Wildman–Crippen LogP) is 5.12. The Hall–Kier alpha value is -5.53. The van der Waals surface area contributed by atoms with Crippen LogP contribution in [0.2, 0.25) is 0 Å². The molecule has 282 valence electrons. The van der Waals surface area contributed by atoms with Crippen molar-refractivity contribution in [1.29, 1.82) is 0 Å². The zero-order valence-corrected chi connectivity index (χ0v) is 30.8. The molecule has 0 bridgehead atoms. The standard InChI is InChI=1S/C42H45N3O9/c1-41(2,3)44-34-24-25-45(40(49)43-34)39-36(48)35(47)38(53-39)37(33(46)26-52-32-14-10-7-11-15-32)54-42(27-12-8-6-9-13-27,28-16-20-30(50-4)21-17-28)29-18-22-31(51-5)23-19-29/h6-25,35-39,47-48H,26H2,1-5H3,(H,43,44,49)/t35-,36+,37?,38-,39+/m0/s1. The van der Waals surface area contributed by atoms with E-state index in [0.717, 1.165) is 4.57 Å². The molecule has 0 aliphatic carbocycles. The van der Waals surface area contributed by atoms with Gasteiger partial charge in [0, 0.05) is 11.7 Å². The summed E-state index contributed by atoms with van der Waals surface area (Å²) in [5, 5.41) is 26.3. The highest BCUT2D eigenvalue weighted by Crippen LogP contribution is 2.44. The highest BCUT2D eigenvalue weighted by atomic mass is 16.6. The van der Waals surface area contributed by atoms with Crippen molar-refractivity contribution in [3.63, 3.8) is 0 Å². The Labute approximate surface area is 313 Å². The molecule has 5 atom stereocenters. The van der Waals surface area contributed by atoms with Gasteiger partial charge in [0.25, 0.3) is 0 Å². The Balaban J connectivity index is 1.48. The number of aliphatic hydroxyl groups excluding tert-OH is 2. The number of methoxy groups -OCH3 is 2. The number of ketones is 1. The first-order valence-corrected chi connectivity index (χ1v) is 17.6. The van der Waals surface area contributed by atoms with Crippen LogP contribution in [0.4, 0.5) is 5.82 Å². The van der Waals surface area contributed by atoms with E-state index in [4.69, 9.17) is 23.7 Å². The van der Waals surface area contributed by atoms with Crippen molar-refractivity contribution >= 4 is 11.6 Å². The maximum absolute atomic E-state index is 14.6. The number of aromatic nitrogens is 2. The highest BCUT2D eigenvalue weighted by molar-refractivity contribution is 5.85. The summed E-state index contributed by atoms with van der Waals surface area (Å²) in [6, 6.07) is 34.2. The molecule has 0 spiro atoms. The van der Waals surface area contributed by atoms with Gasteiger partial charge < -0.3 is 39.2 Å². The number of Topliss-reactive ketones (excluding diaryl/α,β-unsaturated/α-hetero) is 1. The fraction of sp³-hybridized carbons (Fsp3) is 0.310. The summed E-state index contributed by atoms with van der Waals surface area (Å²) >= 11 is 0. The predicted molar refractivity (Wildman–Crippen MR) is 202 cm³/mol. The van der Waals surface area contributed by atoms with Gasteiger partial charge in [0.15, 0.2) is 12.3 Å². The molecule has 12 nitrogen and oxygen atoms in total. The zero-order valence-electron chi connectivity index (χ0n) is 30.8. The summed E-state index contributed by atoms with van der Waals surface area (Å²) in [7, 11) is 3.13. The number of aliphatic hydroxyl groups is 2. The van der Waals surface area contributed by atoms with Crippen LogP contribution in [0.5, 0.6) is 17.2 Å². The molecule has 1 aromatic heterocycles. The van der Waals surface area contributed by atoms with Gasteiger partial charge >= 0.3 is 5.69 Å². The number of benzene rings is 4. The number of carbonyl (C=O) groups excluding carboxylic acids is 1. The zero-order chi connectivity index (χ0) is 38.5. The van der Waals surface area contributed by atoms with E-state index in [1.807, 2.05) is 81.4 Å². The van der Waals surface area contributed by atoms with Gasteiger partial charge in [-0.2, -0.15) is 4.98 Å². The van der Waals surface area contributed by atoms with Crippen molar-refractivity contribution in [2.24, 2.45) is 0 Å². The van der Waals surface area contributed by atoms with Gasteiger partial charge in [-0.3, -0.25) is 9.36 Å². The van der Waals surface area contributed by atoms with Crippen molar-refractivity contribution in [2.45, 2.75) is 62.6 Å². The van der Waals surface area contributed by atoms with Crippen LogP contribution in [0.3, 0.4) is 0 Å². The van der Waals surface area contributed by atoms with E-state index >= 15 is 0 Å². The normalized spacial score (nSPS) is 19.2. The van der Waals surface area contributed by atoms with Gasteiger partial charge in [0.2, 0.25) is 5.78 Å². The third-order valence-corrected chi connectivity index (χ3v) is 9.10. The molecule has 4 aromatic carbocycles. The lowest BCUT2D eigenvalue weighted by molar-refractivity contribution is -0.167. The first-order valence-electron chi connectivity index (χ1n) is 17.6. The minimum absolute atomic E-state index is 0.328. The molecule has 2 heterocycles. The molecule has 1 fully saturated rings. The fourth-order valence-electron chi connectivity index (χ4n) is 6.51. The van der Waals surface area contributed by atoms with E-state index in [1.165, 1.54) is 6.20 Å². The molecule has 0 amide bonds. The Morgan fingerprint density at radius 1 is 0.778 bits per heavy atom. The smallest absolute Gasteiger partial charge is 0.351 e.